The second kappa shape index (κ2) is 9.44. The van der Waals surface area contributed by atoms with Crippen molar-refractivity contribution in [3.63, 3.8) is 0 Å². The van der Waals surface area contributed by atoms with Crippen LogP contribution in [0.5, 0.6) is 0 Å². The molecular formula is C27H30BrN5O3. The Morgan fingerprint density at radius 2 is 1.94 bits per heavy atom. The number of H-pyrrole nitrogens is 1. The Kier molecular flexibility index (Phi) is 6.46. The quantitative estimate of drug-likeness (QED) is 0.312. The Labute approximate surface area is 217 Å². The van der Waals surface area contributed by atoms with Crippen LogP contribution >= 0.6 is 15.9 Å². The van der Waals surface area contributed by atoms with E-state index >= 15 is 0 Å². The van der Waals surface area contributed by atoms with Crippen molar-refractivity contribution in [1.29, 1.82) is 0 Å². The predicted octanol–water partition coefficient (Wildman–Crippen LogP) is 4.51. The zero-order valence-electron chi connectivity index (χ0n) is 20.6. The van der Waals surface area contributed by atoms with Crippen molar-refractivity contribution in [3.05, 3.63) is 68.7 Å². The van der Waals surface area contributed by atoms with Crippen molar-refractivity contribution >= 4 is 43.5 Å². The van der Waals surface area contributed by atoms with Crippen LogP contribution in [0.1, 0.15) is 62.1 Å². The fraction of sp³-hybridized carbons (Fsp3) is 0.407. The lowest BCUT2D eigenvalue weighted by Crippen LogP contribution is -2.44. The molecule has 5 rings (SSSR count). The predicted molar refractivity (Wildman–Crippen MR) is 143 cm³/mol. The summed E-state index contributed by atoms with van der Waals surface area (Å²) in [6, 6.07) is 13.4. The average Bonchev–Trinajstić information content (AvgIpc) is 3.14. The van der Waals surface area contributed by atoms with Crippen molar-refractivity contribution in [2.24, 2.45) is 5.92 Å². The van der Waals surface area contributed by atoms with Crippen LogP contribution in [0, 0.1) is 5.92 Å². The number of carbonyl (C=O) groups excluding carboxylic acids is 1. The van der Waals surface area contributed by atoms with E-state index in [0.29, 0.717) is 17.0 Å². The fourth-order valence-electron chi connectivity index (χ4n) is 5.22. The maximum Gasteiger partial charge on any atom is 0.272 e. The third-order valence-electron chi connectivity index (χ3n) is 6.92. The molecule has 2 aromatic heterocycles. The highest BCUT2D eigenvalue weighted by molar-refractivity contribution is 9.10. The molecule has 0 radical (unpaired) electrons. The van der Waals surface area contributed by atoms with Gasteiger partial charge in [0.15, 0.2) is 5.69 Å². The number of hydrogen-bond donors (Lipinski definition) is 3. The number of aromatic amines is 1. The highest BCUT2D eigenvalue weighted by Crippen LogP contribution is 2.37. The summed E-state index contributed by atoms with van der Waals surface area (Å²) in [6.45, 7) is 5.86. The molecule has 0 saturated heterocycles. The summed E-state index contributed by atoms with van der Waals surface area (Å²) in [5.74, 6) is 0.466. The van der Waals surface area contributed by atoms with E-state index in [1.807, 2.05) is 42.5 Å². The second-order valence-corrected chi connectivity index (χ2v) is 11.5. The minimum absolute atomic E-state index is 0.0971. The van der Waals surface area contributed by atoms with E-state index in [4.69, 9.17) is 0 Å². The Morgan fingerprint density at radius 3 is 2.67 bits per heavy atom. The molecule has 1 atom stereocenters. The fourth-order valence-corrected chi connectivity index (χ4v) is 5.57. The number of nitrogens with zero attached hydrogens (tertiary/aromatic N) is 3. The van der Waals surface area contributed by atoms with Gasteiger partial charge in [-0.1, -0.05) is 41.1 Å². The summed E-state index contributed by atoms with van der Waals surface area (Å²) >= 11 is 3.49. The van der Waals surface area contributed by atoms with Gasteiger partial charge in [-0.15, -0.1) is 0 Å². The number of aliphatic hydroxyl groups is 1. The number of halogens is 1. The monoisotopic (exact) mass is 551 g/mol. The highest BCUT2D eigenvalue weighted by atomic mass is 79.9. The third-order valence-corrected chi connectivity index (χ3v) is 7.41. The molecule has 9 heteroatoms. The van der Waals surface area contributed by atoms with E-state index in [2.05, 4.69) is 43.5 Å². The Bertz CT molecular complexity index is 1500. The van der Waals surface area contributed by atoms with E-state index in [0.717, 1.165) is 45.7 Å². The summed E-state index contributed by atoms with van der Waals surface area (Å²) in [5.41, 5.74) is 0.962. The van der Waals surface area contributed by atoms with Gasteiger partial charge in [0.25, 0.3) is 11.5 Å². The molecule has 0 spiro atoms. The topological polar surface area (TPSA) is 113 Å². The molecular weight excluding hydrogens is 522 g/mol. The van der Waals surface area contributed by atoms with E-state index in [1.54, 1.807) is 18.5 Å². The summed E-state index contributed by atoms with van der Waals surface area (Å²) < 4.78 is 2.58. The third kappa shape index (κ3) is 4.95. The van der Waals surface area contributed by atoms with Crippen LogP contribution in [0.15, 0.2) is 51.7 Å². The molecule has 1 aliphatic rings. The molecule has 2 heterocycles. The molecule has 0 bridgehead atoms. The summed E-state index contributed by atoms with van der Waals surface area (Å²) in [6.07, 6.45) is 2.73. The molecule has 4 aromatic rings. The van der Waals surface area contributed by atoms with Gasteiger partial charge in [0.05, 0.1) is 28.7 Å². The zero-order valence-corrected chi connectivity index (χ0v) is 22.2. The smallest absolute Gasteiger partial charge is 0.272 e. The van der Waals surface area contributed by atoms with E-state index in [1.165, 1.54) is 0 Å². The van der Waals surface area contributed by atoms with Crippen LogP contribution < -0.4 is 10.9 Å². The molecule has 1 saturated carbocycles. The van der Waals surface area contributed by atoms with Crippen molar-refractivity contribution in [2.45, 2.75) is 64.1 Å². The normalized spacial score (nSPS) is 18.8. The molecule has 3 N–H and O–H groups in total. The maximum absolute atomic E-state index is 13.1. The highest BCUT2D eigenvalue weighted by Gasteiger charge is 2.33. The van der Waals surface area contributed by atoms with Gasteiger partial charge < -0.3 is 10.4 Å². The first-order valence-corrected chi connectivity index (χ1v) is 13.0. The molecule has 2 aromatic carbocycles. The molecule has 1 aliphatic carbocycles. The number of aromatic nitrogens is 4. The summed E-state index contributed by atoms with van der Waals surface area (Å²) in [4.78, 5) is 25.2. The number of rotatable bonds is 7. The first-order valence-electron chi connectivity index (χ1n) is 12.3. The number of nitrogens with one attached hydrogen (secondary N) is 2. The molecule has 1 amide bonds. The number of benzene rings is 2. The minimum atomic E-state index is -0.959. The first-order chi connectivity index (χ1) is 17.1. The molecule has 8 nitrogen and oxygen atoms in total. The van der Waals surface area contributed by atoms with E-state index in [-0.39, 0.29) is 30.0 Å². The van der Waals surface area contributed by atoms with Crippen LogP contribution in [-0.2, 0) is 6.54 Å². The lowest BCUT2D eigenvalue weighted by atomic mass is 9.74. The van der Waals surface area contributed by atoms with Crippen molar-refractivity contribution in [3.8, 4) is 0 Å². The molecule has 1 fully saturated rings. The van der Waals surface area contributed by atoms with Crippen LogP contribution in [-0.4, -0.2) is 42.6 Å². The largest absolute Gasteiger partial charge is 0.389 e. The molecule has 0 unspecified atom stereocenters. The summed E-state index contributed by atoms with van der Waals surface area (Å²) in [5, 5.41) is 27.3. The molecule has 36 heavy (non-hydrogen) atoms. The van der Waals surface area contributed by atoms with Crippen molar-refractivity contribution in [1.82, 2.24) is 25.3 Å². The first kappa shape index (κ1) is 24.6. The molecule has 188 valence electrons. The minimum Gasteiger partial charge on any atom is -0.389 e. The Hall–Kier alpha value is -3.04. The SMILES string of the molecule is C[C@@H](CC1CC(NC(=O)c2nn(CC(C)(C)O)c3cc(Br)ccc23)C1)c1n[nH]c(=O)c2ccccc12. The van der Waals surface area contributed by atoms with Gasteiger partial charge in [-0.25, -0.2) is 5.10 Å². The number of amides is 1. The number of fused-ring (bicyclic) bond motifs is 2. The van der Waals surface area contributed by atoms with Crippen LogP contribution in [0.2, 0.25) is 0 Å². The van der Waals surface area contributed by atoms with E-state index in [9.17, 15) is 14.7 Å². The van der Waals surface area contributed by atoms with Crippen molar-refractivity contribution < 1.29 is 9.90 Å². The Morgan fingerprint density at radius 1 is 1.22 bits per heavy atom. The van der Waals surface area contributed by atoms with Gasteiger partial charge >= 0.3 is 0 Å². The van der Waals surface area contributed by atoms with Gasteiger partial charge in [-0.2, -0.15) is 10.2 Å². The average molecular weight is 552 g/mol. The lowest BCUT2D eigenvalue weighted by Gasteiger charge is -2.37. The van der Waals surface area contributed by atoms with Gasteiger partial charge in [0.2, 0.25) is 0 Å². The number of carbonyl (C=O) groups is 1. The van der Waals surface area contributed by atoms with Crippen molar-refractivity contribution in [2.75, 3.05) is 0 Å². The van der Waals surface area contributed by atoms with Gasteiger partial charge in [0.1, 0.15) is 0 Å². The second-order valence-electron chi connectivity index (χ2n) is 10.6. The number of hydrogen-bond acceptors (Lipinski definition) is 5. The van der Waals surface area contributed by atoms with E-state index < -0.39 is 5.60 Å². The van der Waals surface area contributed by atoms with Gasteiger partial charge in [-0.3, -0.25) is 14.3 Å². The molecule has 0 aliphatic heterocycles. The maximum atomic E-state index is 13.1. The van der Waals surface area contributed by atoms with Gasteiger partial charge in [0, 0.05) is 27.2 Å². The Balaban J connectivity index is 1.25. The standard InChI is InChI=1S/C27H30BrN5O3/c1-15(23-19-6-4-5-7-20(19)25(34)31-30-23)10-16-11-18(12-16)29-26(35)24-21-9-8-17(28)13-22(21)33(32-24)14-27(2,3)36/h4-9,13,15-16,18,36H,10-12,14H2,1-3H3,(H,29,35)(H,31,34)/t15-,16?,18?/m0/s1. The van der Waals surface area contributed by atoms with Crippen LogP contribution in [0.25, 0.3) is 21.7 Å². The van der Waals surface area contributed by atoms with Gasteiger partial charge in [-0.05, 0) is 63.3 Å². The van der Waals surface area contributed by atoms with Crippen LogP contribution in [0.4, 0.5) is 0 Å². The summed E-state index contributed by atoms with van der Waals surface area (Å²) in [7, 11) is 0. The lowest BCUT2D eigenvalue weighted by molar-refractivity contribution is 0.0586. The zero-order chi connectivity index (χ0) is 25.6. The van der Waals surface area contributed by atoms with Crippen LogP contribution in [0.3, 0.4) is 0 Å².